The summed E-state index contributed by atoms with van der Waals surface area (Å²) in [5, 5.41) is 0. The zero-order valence-electron chi connectivity index (χ0n) is 18.2. The molecule has 0 aliphatic carbocycles. The van der Waals surface area contributed by atoms with E-state index < -0.39 is 12.1 Å². The maximum absolute atomic E-state index is 13.9. The van der Waals surface area contributed by atoms with Crippen molar-refractivity contribution in [2.24, 2.45) is 0 Å². The van der Waals surface area contributed by atoms with E-state index in [4.69, 9.17) is 4.74 Å². The van der Waals surface area contributed by atoms with Gasteiger partial charge in [0.1, 0.15) is 11.8 Å². The first-order valence-electron chi connectivity index (χ1n) is 10.9. The number of anilines is 1. The van der Waals surface area contributed by atoms with Crippen molar-refractivity contribution in [1.82, 2.24) is 0 Å². The lowest BCUT2D eigenvalue weighted by atomic mass is 9.89. The van der Waals surface area contributed by atoms with E-state index in [0.29, 0.717) is 22.6 Å². The average Bonchev–Trinajstić information content (AvgIpc) is 2.87. The van der Waals surface area contributed by atoms with Crippen molar-refractivity contribution in [3.8, 4) is 5.75 Å². The Morgan fingerprint density at radius 2 is 1.36 bits per heavy atom. The van der Waals surface area contributed by atoms with Gasteiger partial charge in [-0.3, -0.25) is 14.5 Å². The Morgan fingerprint density at radius 3 is 2.06 bits per heavy atom. The van der Waals surface area contributed by atoms with Gasteiger partial charge in [0.25, 0.3) is 5.91 Å². The van der Waals surface area contributed by atoms with Crippen LogP contribution in [0.1, 0.15) is 37.9 Å². The van der Waals surface area contributed by atoms with Crippen LogP contribution in [-0.4, -0.2) is 17.7 Å². The minimum absolute atomic E-state index is 0.144. The van der Waals surface area contributed by atoms with Crippen LogP contribution in [-0.2, 0) is 0 Å². The maximum atomic E-state index is 13.9. The van der Waals surface area contributed by atoms with Crippen LogP contribution in [0.5, 0.6) is 5.75 Å². The molecule has 4 aromatic rings. The SMILES string of the molecule is Cc1ccc(C(=O)N(c2ccccc2)C2C(=O)c3ccccc3OC2c2ccccc2)cc1. The largest absolute Gasteiger partial charge is 0.482 e. The predicted octanol–water partition coefficient (Wildman–Crippen LogP) is 6.03. The number of carbonyl (C=O) groups excluding carboxylic acids is 2. The van der Waals surface area contributed by atoms with Crippen molar-refractivity contribution in [3.05, 3.63) is 131 Å². The Labute approximate surface area is 193 Å². The van der Waals surface area contributed by atoms with Gasteiger partial charge >= 0.3 is 0 Å². The second-order valence-corrected chi connectivity index (χ2v) is 8.13. The van der Waals surface area contributed by atoms with E-state index in [2.05, 4.69) is 0 Å². The van der Waals surface area contributed by atoms with E-state index in [0.717, 1.165) is 11.1 Å². The van der Waals surface area contributed by atoms with Crippen molar-refractivity contribution < 1.29 is 14.3 Å². The Kier molecular flexibility index (Phi) is 5.49. The van der Waals surface area contributed by atoms with Crippen molar-refractivity contribution in [2.75, 3.05) is 4.90 Å². The van der Waals surface area contributed by atoms with Gasteiger partial charge < -0.3 is 4.74 Å². The van der Waals surface area contributed by atoms with E-state index in [1.807, 2.05) is 91.9 Å². The molecule has 4 aromatic carbocycles. The van der Waals surface area contributed by atoms with Crippen LogP contribution in [0.2, 0.25) is 0 Å². The summed E-state index contributed by atoms with van der Waals surface area (Å²) < 4.78 is 6.39. The molecule has 0 spiro atoms. The summed E-state index contributed by atoms with van der Waals surface area (Å²) in [5.74, 6) is 0.141. The van der Waals surface area contributed by atoms with Gasteiger partial charge in [0, 0.05) is 11.3 Å². The number of aryl methyl sites for hydroxylation is 1. The standard InChI is InChI=1S/C29H23NO3/c1-20-16-18-22(19-17-20)29(32)30(23-12-6-3-7-13-23)26-27(31)24-14-8-9-15-25(24)33-28(26)21-10-4-2-5-11-21/h2-19,26,28H,1H3. The van der Waals surface area contributed by atoms with E-state index in [1.165, 1.54) is 0 Å². The number of ether oxygens (including phenoxy) is 1. The molecule has 1 aliphatic heterocycles. The molecule has 162 valence electrons. The van der Waals surface area contributed by atoms with Crippen molar-refractivity contribution >= 4 is 17.4 Å². The predicted molar refractivity (Wildman–Crippen MR) is 129 cm³/mol. The first-order valence-corrected chi connectivity index (χ1v) is 10.9. The molecule has 0 saturated heterocycles. The number of para-hydroxylation sites is 2. The van der Waals surface area contributed by atoms with Crippen LogP contribution in [0.25, 0.3) is 0 Å². The van der Waals surface area contributed by atoms with Gasteiger partial charge in [-0.1, -0.05) is 78.4 Å². The van der Waals surface area contributed by atoms with E-state index in [9.17, 15) is 9.59 Å². The molecule has 0 fully saturated rings. The van der Waals surface area contributed by atoms with Gasteiger partial charge in [-0.15, -0.1) is 0 Å². The molecule has 4 nitrogen and oxygen atoms in total. The summed E-state index contributed by atoms with van der Waals surface area (Å²) in [6, 6.07) is 32.7. The fourth-order valence-corrected chi connectivity index (χ4v) is 4.24. The highest BCUT2D eigenvalue weighted by molar-refractivity contribution is 6.14. The molecule has 2 atom stereocenters. The molecule has 0 bridgehead atoms. The first-order chi connectivity index (χ1) is 16.1. The molecule has 33 heavy (non-hydrogen) atoms. The summed E-state index contributed by atoms with van der Waals surface area (Å²) in [6.45, 7) is 1.98. The van der Waals surface area contributed by atoms with Crippen molar-refractivity contribution in [1.29, 1.82) is 0 Å². The minimum atomic E-state index is -0.862. The second kappa shape index (κ2) is 8.75. The smallest absolute Gasteiger partial charge is 0.259 e. The molecule has 0 aromatic heterocycles. The number of nitrogens with zero attached hydrogens (tertiary/aromatic N) is 1. The van der Waals surface area contributed by atoms with E-state index in [-0.39, 0.29) is 11.7 Å². The van der Waals surface area contributed by atoms with Gasteiger partial charge in [-0.05, 0) is 48.9 Å². The third-order valence-corrected chi connectivity index (χ3v) is 5.92. The van der Waals surface area contributed by atoms with E-state index >= 15 is 0 Å². The lowest BCUT2D eigenvalue weighted by Gasteiger charge is -2.39. The lowest BCUT2D eigenvalue weighted by molar-refractivity contribution is 0.0730. The van der Waals surface area contributed by atoms with Crippen LogP contribution in [0.3, 0.4) is 0 Å². The van der Waals surface area contributed by atoms with Crippen LogP contribution < -0.4 is 9.64 Å². The zero-order chi connectivity index (χ0) is 22.8. The Balaban J connectivity index is 1.69. The molecule has 5 rings (SSSR count). The van der Waals surface area contributed by atoms with E-state index in [1.54, 1.807) is 29.2 Å². The highest BCUT2D eigenvalue weighted by Crippen LogP contribution is 2.39. The molecule has 0 N–H and O–H groups in total. The maximum Gasteiger partial charge on any atom is 0.259 e. The quantitative estimate of drug-likeness (QED) is 0.395. The molecule has 0 saturated carbocycles. The topological polar surface area (TPSA) is 46.6 Å². The third-order valence-electron chi connectivity index (χ3n) is 5.92. The highest BCUT2D eigenvalue weighted by Gasteiger charge is 2.44. The molecule has 1 aliphatic rings. The monoisotopic (exact) mass is 433 g/mol. The Morgan fingerprint density at radius 1 is 0.758 bits per heavy atom. The molecule has 1 heterocycles. The van der Waals surface area contributed by atoms with Crippen LogP contribution in [0.4, 0.5) is 5.69 Å². The summed E-state index contributed by atoms with van der Waals surface area (Å²) in [4.78, 5) is 29.4. The summed E-state index contributed by atoms with van der Waals surface area (Å²) in [6.07, 6.45) is -0.650. The number of Topliss-reactive ketones (excluding diaryl/α,β-unsaturated/α-hetero) is 1. The molecule has 2 unspecified atom stereocenters. The number of carbonyl (C=O) groups is 2. The molecule has 0 radical (unpaired) electrons. The van der Waals surface area contributed by atoms with Crippen LogP contribution >= 0.6 is 0 Å². The number of fused-ring (bicyclic) bond motifs is 1. The normalized spacial score (nSPS) is 17.1. The van der Waals surface area contributed by atoms with Crippen molar-refractivity contribution in [3.63, 3.8) is 0 Å². The molecular weight excluding hydrogens is 410 g/mol. The summed E-state index contributed by atoms with van der Waals surface area (Å²) >= 11 is 0. The molecule has 1 amide bonds. The fraction of sp³-hybridized carbons (Fsp3) is 0.103. The number of hydrogen-bond acceptors (Lipinski definition) is 3. The Bertz CT molecular complexity index is 1280. The number of hydrogen-bond donors (Lipinski definition) is 0. The Hall–Kier alpha value is -4.18. The second-order valence-electron chi connectivity index (χ2n) is 8.13. The molecule has 4 heteroatoms. The molecular formula is C29H23NO3. The van der Waals surface area contributed by atoms with Gasteiger partial charge in [-0.2, -0.15) is 0 Å². The number of amides is 1. The summed E-state index contributed by atoms with van der Waals surface area (Å²) in [5.41, 5.74) is 3.54. The highest BCUT2D eigenvalue weighted by atomic mass is 16.5. The van der Waals surface area contributed by atoms with Gasteiger partial charge in [0.05, 0.1) is 5.56 Å². The number of benzene rings is 4. The van der Waals surface area contributed by atoms with Crippen LogP contribution in [0.15, 0.2) is 109 Å². The first kappa shape index (κ1) is 20.7. The number of ketones is 1. The third kappa shape index (κ3) is 3.92. The fourth-order valence-electron chi connectivity index (χ4n) is 4.24. The van der Waals surface area contributed by atoms with Gasteiger partial charge in [-0.25, -0.2) is 0 Å². The van der Waals surface area contributed by atoms with Gasteiger partial charge in [0.2, 0.25) is 0 Å². The lowest BCUT2D eigenvalue weighted by Crippen LogP contribution is -2.52. The van der Waals surface area contributed by atoms with Gasteiger partial charge in [0.15, 0.2) is 11.9 Å². The average molecular weight is 434 g/mol. The minimum Gasteiger partial charge on any atom is -0.482 e. The summed E-state index contributed by atoms with van der Waals surface area (Å²) in [7, 11) is 0. The van der Waals surface area contributed by atoms with Crippen molar-refractivity contribution in [2.45, 2.75) is 19.1 Å². The van der Waals surface area contributed by atoms with Crippen LogP contribution in [0, 0.1) is 6.92 Å². The number of rotatable bonds is 4. The zero-order valence-corrected chi connectivity index (χ0v) is 18.2.